The van der Waals surface area contributed by atoms with Crippen LogP contribution < -0.4 is 10.3 Å². The average Bonchev–Trinajstić information content (AvgIpc) is 3.07. The van der Waals surface area contributed by atoms with Crippen molar-refractivity contribution in [3.05, 3.63) is 100 Å². The Bertz CT molecular complexity index is 1540. The molecule has 0 spiro atoms. The highest BCUT2D eigenvalue weighted by Crippen LogP contribution is 2.30. The van der Waals surface area contributed by atoms with Crippen LogP contribution in [-0.2, 0) is 7.05 Å². The molecule has 0 aliphatic carbocycles. The van der Waals surface area contributed by atoms with Gasteiger partial charge in [0.1, 0.15) is 11.6 Å². The van der Waals surface area contributed by atoms with Crippen molar-refractivity contribution < 1.29 is 4.74 Å². The maximum absolute atomic E-state index is 13.4. The van der Waals surface area contributed by atoms with E-state index in [4.69, 9.17) is 9.72 Å². The second-order valence-electron chi connectivity index (χ2n) is 7.74. The van der Waals surface area contributed by atoms with Gasteiger partial charge in [-0.25, -0.2) is 4.98 Å². The predicted molar refractivity (Wildman–Crippen MR) is 130 cm³/mol. The summed E-state index contributed by atoms with van der Waals surface area (Å²) in [5.41, 5.74) is 4.70. The molecular weight excluding hydrogens is 398 g/mol. The Balaban J connectivity index is 1.75. The van der Waals surface area contributed by atoms with Crippen LogP contribution in [0.4, 0.5) is 0 Å². The number of para-hydroxylation sites is 2. The zero-order valence-electron chi connectivity index (χ0n) is 18.2. The minimum absolute atomic E-state index is 0.0854. The van der Waals surface area contributed by atoms with Gasteiger partial charge in [-0.2, -0.15) is 0 Å². The molecule has 5 heteroatoms. The Kier molecular flexibility index (Phi) is 4.86. The highest BCUT2D eigenvalue weighted by Gasteiger charge is 2.13. The molecule has 0 saturated heterocycles. The first-order valence-electron chi connectivity index (χ1n) is 10.5. The molecule has 2 aromatic heterocycles. The van der Waals surface area contributed by atoms with Crippen molar-refractivity contribution in [1.29, 1.82) is 0 Å². The zero-order chi connectivity index (χ0) is 22.2. The number of nitrogens with zero attached hydrogens (tertiary/aromatic N) is 3. The van der Waals surface area contributed by atoms with Crippen LogP contribution >= 0.6 is 0 Å². The number of hydrogen-bond acceptors (Lipinski definition) is 3. The molecule has 3 aromatic carbocycles. The molecule has 5 aromatic rings. The third-order valence-corrected chi connectivity index (χ3v) is 5.96. The van der Waals surface area contributed by atoms with Gasteiger partial charge in [-0.15, -0.1) is 0 Å². The van der Waals surface area contributed by atoms with Crippen molar-refractivity contribution in [2.75, 3.05) is 7.11 Å². The lowest BCUT2D eigenvalue weighted by Crippen LogP contribution is -2.22. The summed E-state index contributed by atoms with van der Waals surface area (Å²) in [6.45, 7) is 2.09. The van der Waals surface area contributed by atoms with Crippen LogP contribution in [0.2, 0.25) is 0 Å². The molecular formula is C27H23N3O2. The number of ether oxygens (including phenoxy) is 1. The van der Waals surface area contributed by atoms with Crippen molar-refractivity contribution in [2.24, 2.45) is 7.05 Å². The monoisotopic (exact) mass is 421 g/mol. The summed E-state index contributed by atoms with van der Waals surface area (Å²) in [4.78, 5) is 18.2. The van der Waals surface area contributed by atoms with Gasteiger partial charge in [0.15, 0.2) is 0 Å². The van der Waals surface area contributed by atoms with Crippen molar-refractivity contribution in [1.82, 2.24) is 14.1 Å². The van der Waals surface area contributed by atoms with Crippen LogP contribution in [0, 0.1) is 6.92 Å². The van der Waals surface area contributed by atoms with Crippen LogP contribution in [0.5, 0.6) is 5.75 Å². The second-order valence-corrected chi connectivity index (χ2v) is 7.74. The van der Waals surface area contributed by atoms with Gasteiger partial charge < -0.3 is 9.30 Å². The lowest BCUT2D eigenvalue weighted by atomic mass is 10.1. The lowest BCUT2D eigenvalue weighted by Gasteiger charge is -2.11. The Morgan fingerprint density at radius 3 is 2.44 bits per heavy atom. The topological polar surface area (TPSA) is 49.0 Å². The van der Waals surface area contributed by atoms with E-state index < -0.39 is 0 Å². The van der Waals surface area contributed by atoms with Gasteiger partial charge in [0.05, 0.1) is 23.7 Å². The molecule has 0 fully saturated rings. The first-order chi connectivity index (χ1) is 15.6. The normalized spacial score (nSPS) is 11.6. The molecule has 5 rings (SSSR count). The highest BCUT2D eigenvalue weighted by atomic mass is 16.5. The fourth-order valence-electron chi connectivity index (χ4n) is 4.16. The number of benzene rings is 3. The third-order valence-electron chi connectivity index (χ3n) is 5.96. The van der Waals surface area contributed by atoms with Crippen molar-refractivity contribution in [3.8, 4) is 11.4 Å². The Morgan fingerprint density at radius 2 is 1.66 bits per heavy atom. The molecule has 2 heterocycles. The number of aromatic nitrogens is 3. The summed E-state index contributed by atoms with van der Waals surface area (Å²) in [7, 11) is 3.72. The number of methoxy groups -OCH3 is 1. The van der Waals surface area contributed by atoms with E-state index >= 15 is 0 Å². The van der Waals surface area contributed by atoms with Gasteiger partial charge in [0.2, 0.25) is 0 Å². The fraction of sp³-hybridized carbons (Fsp3) is 0.111. The van der Waals surface area contributed by atoms with E-state index in [-0.39, 0.29) is 5.56 Å². The minimum Gasteiger partial charge on any atom is -0.497 e. The molecule has 0 aliphatic rings. The average molecular weight is 422 g/mol. The molecule has 0 unspecified atom stereocenters. The molecule has 0 saturated carbocycles. The molecule has 0 aliphatic heterocycles. The van der Waals surface area contributed by atoms with E-state index in [9.17, 15) is 4.79 Å². The van der Waals surface area contributed by atoms with E-state index in [1.807, 2.05) is 78.9 Å². The third kappa shape index (κ3) is 3.19. The van der Waals surface area contributed by atoms with E-state index in [1.54, 1.807) is 11.7 Å². The molecule has 32 heavy (non-hydrogen) atoms. The summed E-state index contributed by atoms with van der Waals surface area (Å²) in [6, 6.07) is 23.1. The quantitative estimate of drug-likeness (QED) is 0.392. The van der Waals surface area contributed by atoms with Crippen LogP contribution in [0.25, 0.3) is 39.6 Å². The van der Waals surface area contributed by atoms with Crippen LogP contribution in [0.1, 0.15) is 17.1 Å². The Labute approximate surface area is 185 Å². The van der Waals surface area contributed by atoms with Gasteiger partial charge in [-0.1, -0.05) is 30.3 Å². The van der Waals surface area contributed by atoms with E-state index in [0.717, 1.165) is 33.6 Å². The molecule has 0 amide bonds. The molecule has 0 N–H and O–H groups in total. The maximum atomic E-state index is 13.4. The van der Waals surface area contributed by atoms with Gasteiger partial charge in [0, 0.05) is 29.2 Å². The predicted octanol–water partition coefficient (Wildman–Crippen LogP) is 5.36. The largest absolute Gasteiger partial charge is 0.497 e. The molecule has 0 radical (unpaired) electrons. The number of hydrogen-bond donors (Lipinski definition) is 0. The maximum Gasteiger partial charge on any atom is 0.266 e. The fourth-order valence-corrected chi connectivity index (χ4v) is 4.16. The highest BCUT2D eigenvalue weighted by molar-refractivity contribution is 5.94. The van der Waals surface area contributed by atoms with E-state index in [0.29, 0.717) is 16.7 Å². The summed E-state index contributed by atoms with van der Waals surface area (Å²) >= 11 is 0. The zero-order valence-corrected chi connectivity index (χ0v) is 18.2. The smallest absolute Gasteiger partial charge is 0.266 e. The Morgan fingerprint density at radius 1 is 0.906 bits per heavy atom. The van der Waals surface area contributed by atoms with Gasteiger partial charge >= 0.3 is 0 Å². The van der Waals surface area contributed by atoms with Crippen LogP contribution in [0.3, 0.4) is 0 Å². The standard InChI is InChI=1S/C27H23N3O2/c1-18-21(23-17-20(32-3)13-15-25(23)29(18)2)14-16-26-28-24-12-8-7-11-22(24)27(31)30(26)19-9-5-4-6-10-19/h4-17H,1-3H3/b16-14-. The van der Waals surface area contributed by atoms with E-state index in [1.165, 1.54) is 0 Å². The summed E-state index contributed by atoms with van der Waals surface area (Å²) in [5.74, 6) is 1.39. The second kappa shape index (κ2) is 7.85. The number of rotatable bonds is 4. The summed E-state index contributed by atoms with van der Waals surface area (Å²) in [5, 5.41) is 1.69. The summed E-state index contributed by atoms with van der Waals surface area (Å²) in [6.07, 6.45) is 3.95. The minimum atomic E-state index is -0.0854. The first kappa shape index (κ1) is 19.8. The first-order valence-corrected chi connectivity index (χ1v) is 10.5. The number of aryl methyl sites for hydroxylation is 1. The van der Waals surface area contributed by atoms with Crippen molar-refractivity contribution in [2.45, 2.75) is 6.92 Å². The number of fused-ring (bicyclic) bond motifs is 2. The van der Waals surface area contributed by atoms with Crippen molar-refractivity contribution >= 4 is 34.0 Å². The lowest BCUT2D eigenvalue weighted by molar-refractivity contribution is 0.415. The molecule has 0 bridgehead atoms. The molecule has 5 nitrogen and oxygen atoms in total. The SMILES string of the molecule is COc1ccc2c(c1)c(/C=C\c1nc3ccccc3c(=O)n1-c1ccccc1)c(C)n2C. The molecule has 158 valence electrons. The van der Waals surface area contributed by atoms with Gasteiger partial charge in [-0.3, -0.25) is 9.36 Å². The summed E-state index contributed by atoms with van der Waals surface area (Å²) < 4.78 is 9.26. The Hall–Kier alpha value is -4.12. The van der Waals surface area contributed by atoms with E-state index in [2.05, 4.69) is 24.6 Å². The van der Waals surface area contributed by atoms with Gasteiger partial charge in [0.25, 0.3) is 5.56 Å². The molecule has 0 atom stereocenters. The van der Waals surface area contributed by atoms with Gasteiger partial charge in [-0.05, 0) is 61.5 Å². The van der Waals surface area contributed by atoms with Crippen molar-refractivity contribution in [3.63, 3.8) is 0 Å². The van der Waals surface area contributed by atoms with Crippen LogP contribution in [0.15, 0.2) is 77.6 Å². The van der Waals surface area contributed by atoms with Crippen LogP contribution in [-0.4, -0.2) is 21.2 Å².